The van der Waals surface area contributed by atoms with E-state index >= 15 is 0 Å². The molecule has 0 bridgehead atoms. The van der Waals surface area contributed by atoms with E-state index in [4.69, 9.17) is 9.47 Å². The zero-order valence-electron chi connectivity index (χ0n) is 9.12. The van der Waals surface area contributed by atoms with E-state index in [1.165, 1.54) is 32.4 Å². The molecular weight excluding hydrogens is 213 g/mol. The van der Waals surface area contributed by atoms with E-state index in [-0.39, 0.29) is 12.3 Å². The first-order valence-corrected chi connectivity index (χ1v) is 4.67. The monoisotopic (exact) mass is 225 g/mol. The van der Waals surface area contributed by atoms with Gasteiger partial charge in [0.15, 0.2) is 11.6 Å². The Hall–Kier alpha value is -1.87. The Kier molecular flexibility index (Phi) is 4.48. The number of nitrogens with zero attached hydrogens (tertiary/aromatic N) is 1. The van der Waals surface area contributed by atoms with Gasteiger partial charge in [-0.3, -0.25) is 0 Å². The number of methoxy groups -OCH3 is 2. The third-order valence-electron chi connectivity index (χ3n) is 2.13. The van der Waals surface area contributed by atoms with Gasteiger partial charge in [-0.1, -0.05) is 0 Å². The van der Waals surface area contributed by atoms with Crippen molar-refractivity contribution in [3.05, 3.63) is 23.5 Å². The average Bonchev–Trinajstić information content (AvgIpc) is 2.30. The molecule has 1 aromatic carbocycles. The molecule has 4 nitrogen and oxygen atoms in total. The Morgan fingerprint density at radius 2 is 2.12 bits per heavy atom. The van der Waals surface area contributed by atoms with Gasteiger partial charge in [0, 0.05) is 12.0 Å². The number of halogens is 1. The minimum absolute atomic E-state index is 0.125. The molecule has 0 saturated heterocycles. The molecule has 1 aromatic rings. The topological polar surface area (TPSA) is 47.9 Å². The maximum Gasteiger partial charge on any atom is 0.234 e. The fraction of sp³-hybridized carbons (Fsp3) is 0.364. The molecule has 0 spiro atoms. The predicted octanol–water partition coefficient (Wildman–Crippen LogP) is 1.72. The Balaban J connectivity index is 3.09. The molecule has 0 heterocycles. The standard InChI is InChI=1S/C11H12FNO3/c1-15-10-4-3-9(12)11(16-2)8(10)5-6-13-7-14/h3-4H,5-6H2,1-2H3. The first-order chi connectivity index (χ1) is 7.74. The summed E-state index contributed by atoms with van der Waals surface area (Å²) in [6.07, 6.45) is 1.79. The molecule has 0 aliphatic carbocycles. The number of isocyanates is 1. The van der Waals surface area contributed by atoms with Crippen molar-refractivity contribution in [3.63, 3.8) is 0 Å². The largest absolute Gasteiger partial charge is 0.496 e. The molecule has 0 aliphatic rings. The van der Waals surface area contributed by atoms with Crippen LogP contribution < -0.4 is 9.47 Å². The molecule has 0 aliphatic heterocycles. The maximum atomic E-state index is 13.4. The summed E-state index contributed by atoms with van der Waals surface area (Å²) in [5, 5.41) is 0. The minimum atomic E-state index is -0.464. The highest BCUT2D eigenvalue weighted by Gasteiger charge is 2.14. The van der Waals surface area contributed by atoms with Crippen LogP contribution in [-0.4, -0.2) is 26.8 Å². The lowest BCUT2D eigenvalue weighted by atomic mass is 10.1. The van der Waals surface area contributed by atoms with E-state index < -0.39 is 5.82 Å². The van der Waals surface area contributed by atoms with Crippen LogP contribution in [0, 0.1) is 5.82 Å². The van der Waals surface area contributed by atoms with Gasteiger partial charge < -0.3 is 9.47 Å². The Bertz CT molecular complexity index is 414. The van der Waals surface area contributed by atoms with Gasteiger partial charge in [0.05, 0.1) is 20.8 Å². The van der Waals surface area contributed by atoms with E-state index in [0.717, 1.165) is 0 Å². The second-order valence-electron chi connectivity index (χ2n) is 2.98. The van der Waals surface area contributed by atoms with Crippen LogP contribution in [0.5, 0.6) is 11.5 Å². The highest BCUT2D eigenvalue weighted by molar-refractivity contribution is 5.46. The highest BCUT2D eigenvalue weighted by Crippen LogP contribution is 2.31. The van der Waals surface area contributed by atoms with Crippen LogP contribution in [0.3, 0.4) is 0 Å². The number of benzene rings is 1. The molecule has 0 atom stereocenters. The van der Waals surface area contributed by atoms with Gasteiger partial charge in [-0.05, 0) is 12.1 Å². The summed E-state index contributed by atoms with van der Waals surface area (Å²) in [6.45, 7) is 0.222. The zero-order chi connectivity index (χ0) is 12.0. The SMILES string of the molecule is COc1ccc(F)c(OC)c1CCN=C=O. The minimum Gasteiger partial charge on any atom is -0.496 e. The highest BCUT2D eigenvalue weighted by atomic mass is 19.1. The van der Waals surface area contributed by atoms with Crippen molar-refractivity contribution < 1.29 is 18.7 Å². The van der Waals surface area contributed by atoms with Crippen molar-refractivity contribution in [2.45, 2.75) is 6.42 Å². The first kappa shape index (κ1) is 12.2. The van der Waals surface area contributed by atoms with Crippen LogP contribution in [0.25, 0.3) is 0 Å². The molecular formula is C11H12FNO3. The van der Waals surface area contributed by atoms with Crippen LogP contribution in [0.4, 0.5) is 4.39 Å². The van der Waals surface area contributed by atoms with Crippen molar-refractivity contribution in [3.8, 4) is 11.5 Å². The molecule has 5 heteroatoms. The van der Waals surface area contributed by atoms with Crippen molar-refractivity contribution in [1.82, 2.24) is 0 Å². The number of aliphatic imine (C=N–C) groups is 1. The molecule has 86 valence electrons. The van der Waals surface area contributed by atoms with Gasteiger partial charge in [-0.15, -0.1) is 0 Å². The second kappa shape index (κ2) is 5.88. The summed E-state index contributed by atoms with van der Waals surface area (Å²) in [4.78, 5) is 13.4. The molecule has 0 radical (unpaired) electrons. The fourth-order valence-corrected chi connectivity index (χ4v) is 1.44. The van der Waals surface area contributed by atoms with Crippen LogP contribution >= 0.6 is 0 Å². The molecule has 0 aromatic heterocycles. The summed E-state index contributed by atoms with van der Waals surface area (Å²) in [5.74, 6) is 0.174. The van der Waals surface area contributed by atoms with E-state index in [0.29, 0.717) is 17.7 Å². The number of rotatable bonds is 5. The first-order valence-electron chi connectivity index (χ1n) is 4.67. The smallest absolute Gasteiger partial charge is 0.234 e. The van der Waals surface area contributed by atoms with Gasteiger partial charge in [-0.25, -0.2) is 14.2 Å². The fourth-order valence-electron chi connectivity index (χ4n) is 1.44. The zero-order valence-corrected chi connectivity index (χ0v) is 9.12. The van der Waals surface area contributed by atoms with Gasteiger partial charge in [0.2, 0.25) is 6.08 Å². The predicted molar refractivity (Wildman–Crippen MR) is 56.2 cm³/mol. The normalized spacial score (nSPS) is 9.44. The Labute approximate surface area is 92.7 Å². The Morgan fingerprint density at radius 1 is 1.38 bits per heavy atom. The van der Waals surface area contributed by atoms with Gasteiger partial charge in [-0.2, -0.15) is 0 Å². The quantitative estimate of drug-likeness (QED) is 0.566. The van der Waals surface area contributed by atoms with Gasteiger partial charge in [0.25, 0.3) is 0 Å². The third-order valence-corrected chi connectivity index (χ3v) is 2.13. The average molecular weight is 225 g/mol. The van der Waals surface area contributed by atoms with E-state index in [2.05, 4.69) is 4.99 Å². The third kappa shape index (κ3) is 2.58. The summed E-state index contributed by atoms with van der Waals surface area (Å²) < 4.78 is 23.4. The van der Waals surface area contributed by atoms with Crippen LogP contribution in [-0.2, 0) is 11.2 Å². The van der Waals surface area contributed by atoms with Crippen LogP contribution in [0.2, 0.25) is 0 Å². The van der Waals surface area contributed by atoms with Crippen molar-refractivity contribution >= 4 is 6.08 Å². The van der Waals surface area contributed by atoms with Gasteiger partial charge >= 0.3 is 0 Å². The van der Waals surface area contributed by atoms with Crippen molar-refractivity contribution in [2.75, 3.05) is 20.8 Å². The summed E-state index contributed by atoms with van der Waals surface area (Å²) in [7, 11) is 2.86. The van der Waals surface area contributed by atoms with Crippen LogP contribution in [0.15, 0.2) is 17.1 Å². The lowest BCUT2D eigenvalue weighted by Gasteiger charge is -2.12. The lowest BCUT2D eigenvalue weighted by molar-refractivity contribution is 0.365. The second-order valence-corrected chi connectivity index (χ2v) is 2.98. The molecule has 0 fully saturated rings. The van der Waals surface area contributed by atoms with Crippen LogP contribution in [0.1, 0.15) is 5.56 Å². The summed E-state index contributed by atoms with van der Waals surface area (Å²) in [5.41, 5.74) is 0.559. The molecule has 0 N–H and O–H groups in total. The Morgan fingerprint density at radius 3 is 2.69 bits per heavy atom. The number of hydrogen-bond acceptors (Lipinski definition) is 4. The molecule has 0 unspecified atom stereocenters. The maximum absolute atomic E-state index is 13.4. The molecule has 16 heavy (non-hydrogen) atoms. The van der Waals surface area contributed by atoms with Gasteiger partial charge in [0.1, 0.15) is 5.75 Å². The number of carbonyl (C=O) groups excluding carboxylic acids is 1. The lowest BCUT2D eigenvalue weighted by Crippen LogP contribution is -2.01. The van der Waals surface area contributed by atoms with E-state index in [9.17, 15) is 9.18 Å². The summed E-state index contributed by atoms with van der Waals surface area (Å²) in [6, 6.07) is 2.78. The van der Waals surface area contributed by atoms with E-state index in [1.54, 1.807) is 0 Å². The van der Waals surface area contributed by atoms with Crippen molar-refractivity contribution in [1.29, 1.82) is 0 Å². The summed E-state index contributed by atoms with van der Waals surface area (Å²) >= 11 is 0. The van der Waals surface area contributed by atoms with E-state index in [1.807, 2.05) is 0 Å². The van der Waals surface area contributed by atoms with Crippen molar-refractivity contribution in [2.24, 2.45) is 4.99 Å². The number of ether oxygens (including phenoxy) is 2. The molecule has 0 saturated carbocycles. The molecule has 1 rings (SSSR count). The molecule has 0 amide bonds. The number of hydrogen-bond donors (Lipinski definition) is 0.